The van der Waals surface area contributed by atoms with Crippen molar-refractivity contribution in [2.45, 2.75) is 43.3 Å². The van der Waals surface area contributed by atoms with Crippen molar-refractivity contribution in [2.75, 3.05) is 11.9 Å². The molecule has 0 radical (unpaired) electrons. The molecule has 0 spiro atoms. The summed E-state index contributed by atoms with van der Waals surface area (Å²) < 4.78 is 80.2. The van der Waals surface area contributed by atoms with Crippen LogP contribution in [0.5, 0.6) is 0 Å². The second kappa shape index (κ2) is 12.3. The highest BCUT2D eigenvalue weighted by Crippen LogP contribution is 2.38. The van der Waals surface area contributed by atoms with Crippen molar-refractivity contribution in [1.29, 1.82) is 0 Å². The molecule has 0 aromatic heterocycles. The van der Waals surface area contributed by atoms with Gasteiger partial charge in [-0.1, -0.05) is 60.7 Å². The predicted molar refractivity (Wildman–Crippen MR) is 143 cm³/mol. The van der Waals surface area contributed by atoms with Crippen molar-refractivity contribution in [3.8, 4) is 0 Å². The number of anilines is 1. The Bertz CT molecular complexity index is 1280. The SMILES string of the molecule is O=C(N[C@@H](c1ccccc1)[C@@H](NC(=S)Nc1cc(C(F)(F)F)cc(C(F)(F)F)c1)c1ccccc1)[C@@H]1CCCN1. The third-order valence-corrected chi connectivity index (χ3v) is 6.68. The van der Waals surface area contributed by atoms with Gasteiger partial charge in [0.25, 0.3) is 0 Å². The number of halogens is 6. The fourth-order valence-corrected chi connectivity index (χ4v) is 4.78. The van der Waals surface area contributed by atoms with E-state index in [-0.39, 0.29) is 17.1 Å². The minimum atomic E-state index is -5.00. The Kier molecular flexibility index (Phi) is 8.99. The van der Waals surface area contributed by atoms with Crippen LogP contribution in [0.15, 0.2) is 78.9 Å². The molecule has 0 bridgehead atoms. The number of hydrogen-bond donors (Lipinski definition) is 4. The topological polar surface area (TPSA) is 65.2 Å². The number of hydrogen-bond acceptors (Lipinski definition) is 3. The lowest BCUT2D eigenvalue weighted by molar-refractivity contribution is -0.143. The van der Waals surface area contributed by atoms with Crippen LogP contribution in [0, 0.1) is 0 Å². The van der Waals surface area contributed by atoms with Crippen LogP contribution in [0.25, 0.3) is 0 Å². The average Bonchev–Trinajstić information content (AvgIpc) is 3.46. The minimum Gasteiger partial charge on any atom is -0.353 e. The Morgan fingerprint density at radius 2 is 1.30 bits per heavy atom. The van der Waals surface area contributed by atoms with Crippen molar-refractivity contribution in [3.05, 3.63) is 101 Å². The number of carbonyl (C=O) groups is 1. The molecule has 40 heavy (non-hydrogen) atoms. The van der Waals surface area contributed by atoms with Gasteiger partial charge in [0.2, 0.25) is 5.91 Å². The Hall–Kier alpha value is -3.64. The van der Waals surface area contributed by atoms with E-state index in [1.807, 2.05) is 18.2 Å². The first-order valence-corrected chi connectivity index (χ1v) is 12.8. The molecule has 0 unspecified atom stereocenters. The number of rotatable bonds is 7. The number of benzene rings is 3. The quantitative estimate of drug-likeness (QED) is 0.194. The summed E-state index contributed by atoms with van der Waals surface area (Å²) in [6.07, 6.45) is -8.50. The van der Waals surface area contributed by atoms with Gasteiger partial charge < -0.3 is 21.3 Å². The molecule has 3 atom stereocenters. The second-order valence-corrected chi connectivity index (χ2v) is 9.74. The maximum atomic E-state index is 13.4. The summed E-state index contributed by atoms with van der Waals surface area (Å²) >= 11 is 5.37. The van der Waals surface area contributed by atoms with Crippen molar-refractivity contribution in [3.63, 3.8) is 0 Å². The fraction of sp³-hybridized carbons (Fsp3) is 0.286. The molecule has 3 aromatic rings. The first-order valence-electron chi connectivity index (χ1n) is 12.4. The molecule has 212 valence electrons. The van der Waals surface area contributed by atoms with Gasteiger partial charge in [0, 0.05) is 5.69 Å². The van der Waals surface area contributed by atoms with Crippen LogP contribution in [-0.2, 0) is 17.1 Å². The molecule has 0 aliphatic carbocycles. The van der Waals surface area contributed by atoms with E-state index < -0.39 is 47.3 Å². The van der Waals surface area contributed by atoms with Gasteiger partial charge in [-0.15, -0.1) is 0 Å². The van der Waals surface area contributed by atoms with Crippen LogP contribution in [0.4, 0.5) is 32.0 Å². The van der Waals surface area contributed by atoms with E-state index in [9.17, 15) is 31.1 Å². The summed E-state index contributed by atoms with van der Waals surface area (Å²) in [6.45, 7) is 0.708. The predicted octanol–water partition coefficient (Wildman–Crippen LogP) is 6.36. The molecular formula is C28H26F6N4OS. The van der Waals surface area contributed by atoms with Crippen LogP contribution in [0.3, 0.4) is 0 Å². The lowest BCUT2D eigenvalue weighted by Gasteiger charge is -2.32. The maximum absolute atomic E-state index is 13.4. The Morgan fingerprint density at radius 1 is 0.800 bits per heavy atom. The molecule has 1 aliphatic rings. The minimum absolute atomic E-state index is 0.0481. The van der Waals surface area contributed by atoms with Crippen LogP contribution in [0.1, 0.15) is 47.2 Å². The normalized spacial score (nSPS) is 17.1. The Balaban J connectivity index is 1.66. The zero-order valence-electron chi connectivity index (χ0n) is 20.9. The van der Waals surface area contributed by atoms with E-state index in [1.54, 1.807) is 42.5 Å². The van der Waals surface area contributed by atoms with Gasteiger partial charge >= 0.3 is 12.4 Å². The molecule has 4 N–H and O–H groups in total. The van der Waals surface area contributed by atoms with E-state index in [1.165, 1.54) is 0 Å². The van der Waals surface area contributed by atoms with Crippen LogP contribution in [-0.4, -0.2) is 23.6 Å². The molecule has 0 saturated carbocycles. The highest BCUT2D eigenvalue weighted by atomic mass is 32.1. The molecule has 1 amide bonds. The van der Waals surface area contributed by atoms with Crippen LogP contribution < -0.4 is 21.3 Å². The zero-order valence-corrected chi connectivity index (χ0v) is 21.8. The summed E-state index contributed by atoms with van der Waals surface area (Å²) in [5.74, 6) is -0.236. The van der Waals surface area contributed by atoms with Gasteiger partial charge in [0.15, 0.2) is 5.11 Å². The number of amides is 1. The summed E-state index contributed by atoms with van der Waals surface area (Å²) in [6, 6.07) is 17.3. The number of nitrogens with one attached hydrogen (secondary N) is 4. The van der Waals surface area contributed by atoms with E-state index in [0.29, 0.717) is 30.7 Å². The lowest BCUT2D eigenvalue weighted by Crippen LogP contribution is -2.47. The van der Waals surface area contributed by atoms with Crippen LogP contribution in [0.2, 0.25) is 0 Å². The highest BCUT2D eigenvalue weighted by molar-refractivity contribution is 7.80. The molecule has 1 heterocycles. The smallest absolute Gasteiger partial charge is 0.353 e. The second-order valence-electron chi connectivity index (χ2n) is 9.33. The largest absolute Gasteiger partial charge is 0.416 e. The Labute approximate surface area is 232 Å². The van der Waals surface area contributed by atoms with Crippen molar-refractivity contribution in [2.24, 2.45) is 0 Å². The number of carbonyl (C=O) groups excluding carboxylic acids is 1. The van der Waals surface area contributed by atoms with Gasteiger partial charge in [0.05, 0.1) is 29.3 Å². The van der Waals surface area contributed by atoms with Gasteiger partial charge in [-0.3, -0.25) is 4.79 Å². The Morgan fingerprint density at radius 3 is 1.75 bits per heavy atom. The molecule has 1 saturated heterocycles. The first kappa shape index (κ1) is 29.3. The van der Waals surface area contributed by atoms with Crippen molar-refractivity contribution in [1.82, 2.24) is 16.0 Å². The maximum Gasteiger partial charge on any atom is 0.416 e. The monoisotopic (exact) mass is 580 g/mol. The van der Waals surface area contributed by atoms with E-state index in [2.05, 4.69) is 21.3 Å². The molecule has 1 aliphatic heterocycles. The molecule has 5 nitrogen and oxygen atoms in total. The van der Waals surface area contributed by atoms with Crippen molar-refractivity contribution < 1.29 is 31.1 Å². The van der Waals surface area contributed by atoms with Gasteiger partial charge in [-0.25, -0.2) is 0 Å². The third-order valence-electron chi connectivity index (χ3n) is 6.46. The number of alkyl halides is 6. The van der Waals surface area contributed by atoms with E-state index in [4.69, 9.17) is 12.2 Å². The molecular weight excluding hydrogens is 554 g/mol. The first-order chi connectivity index (χ1) is 18.9. The van der Waals surface area contributed by atoms with E-state index in [0.717, 1.165) is 12.0 Å². The summed E-state index contributed by atoms with van der Waals surface area (Å²) in [4.78, 5) is 13.1. The summed E-state index contributed by atoms with van der Waals surface area (Å²) in [5.41, 5.74) is -2.02. The third kappa shape index (κ3) is 7.51. The highest BCUT2D eigenvalue weighted by Gasteiger charge is 2.37. The van der Waals surface area contributed by atoms with Crippen LogP contribution >= 0.6 is 12.2 Å². The molecule has 3 aromatic carbocycles. The molecule has 4 rings (SSSR count). The standard InChI is InChI=1S/C28H26F6N4OS/c29-27(30,31)19-14-20(28(32,33)34)16-21(15-19)36-26(40)38-24(18-10-5-2-6-11-18)23(17-8-3-1-4-9-17)37-25(39)22-12-7-13-35-22/h1-6,8-11,14-16,22-24,35H,7,12-13H2,(H,37,39)(H2,36,38,40)/t22-,23-,24-/m0/s1. The van der Waals surface area contributed by atoms with Crippen molar-refractivity contribution >= 4 is 28.9 Å². The number of thiocarbonyl (C=S) groups is 1. The molecule has 12 heteroatoms. The molecule has 1 fully saturated rings. The fourth-order valence-electron chi connectivity index (χ4n) is 4.54. The summed E-state index contributed by atoms with van der Waals surface area (Å²) in [7, 11) is 0. The lowest BCUT2D eigenvalue weighted by atomic mass is 9.93. The average molecular weight is 581 g/mol. The van der Waals surface area contributed by atoms with E-state index >= 15 is 0 Å². The van der Waals surface area contributed by atoms with Gasteiger partial charge in [-0.2, -0.15) is 26.3 Å². The van der Waals surface area contributed by atoms with Gasteiger partial charge in [0.1, 0.15) is 0 Å². The summed E-state index contributed by atoms with van der Waals surface area (Å²) in [5, 5.41) is 11.5. The zero-order chi connectivity index (χ0) is 28.9. The van der Waals surface area contributed by atoms with Gasteiger partial charge in [-0.05, 0) is 60.9 Å².